The summed E-state index contributed by atoms with van der Waals surface area (Å²) in [6, 6.07) is 29.9. The second-order valence-corrected chi connectivity index (χ2v) is 5.14. The summed E-state index contributed by atoms with van der Waals surface area (Å²) in [5.74, 6) is 1.09. The van der Waals surface area contributed by atoms with Crippen LogP contribution in [0.2, 0.25) is 0 Å². The van der Waals surface area contributed by atoms with Gasteiger partial charge in [0.2, 0.25) is 0 Å². The first-order chi connectivity index (χ1) is 10.8. The molecule has 4 heteroatoms. The van der Waals surface area contributed by atoms with E-state index in [1.165, 1.54) is 0 Å². The van der Waals surface area contributed by atoms with Crippen LogP contribution in [0.25, 0.3) is 0 Å². The van der Waals surface area contributed by atoms with E-state index in [4.69, 9.17) is 9.05 Å². The predicted octanol–water partition coefficient (Wildman–Crippen LogP) is 5.22. The van der Waals surface area contributed by atoms with Crippen molar-refractivity contribution < 1.29 is 13.6 Å². The van der Waals surface area contributed by atoms with Gasteiger partial charge in [-0.25, -0.2) is 4.57 Å². The van der Waals surface area contributed by atoms with Gasteiger partial charge in [0, 0.05) is 0 Å². The Hall–Kier alpha value is -2.51. The Morgan fingerprint density at radius 1 is 0.500 bits per heavy atom. The molecule has 0 heterocycles. The summed E-state index contributed by atoms with van der Waals surface area (Å²) in [5, 5.41) is 0. The Bertz CT molecular complexity index is 587. The molecule has 0 radical (unpaired) electrons. The number of hydrogen-bond acceptors (Lipinski definition) is 3. The molecule has 0 bridgehead atoms. The molecule has 3 nitrogen and oxygen atoms in total. The van der Waals surface area contributed by atoms with Crippen LogP contribution in [0.15, 0.2) is 97.1 Å². The maximum atomic E-state index is 11.5. The van der Waals surface area contributed by atoms with Crippen molar-refractivity contribution in [2.75, 3.05) is 0 Å². The molecular formula is C18H17O3P. The van der Waals surface area contributed by atoms with Gasteiger partial charge >= 0.3 is 8.25 Å². The van der Waals surface area contributed by atoms with Gasteiger partial charge < -0.3 is 9.05 Å². The third-order valence-electron chi connectivity index (χ3n) is 2.56. The Morgan fingerprint density at radius 2 is 0.773 bits per heavy atom. The van der Waals surface area contributed by atoms with Crippen LogP contribution in [0.5, 0.6) is 11.5 Å². The highest BCUT2D eigenvalue weighted by molar-refractivity contribution is 7.34. The van der Waals surface area contributed by atoms with E-state index in [9.17, 15) is 4.57 Å². The van der Waals surface area contributed by atoms with E-state index in [0.717, 1.165) is 0 Å². The lowest BCUT2D eigenvalue weighted by Gasteiger charge is -2.07. The van der Waals surface area contributed by atoms with Crippen LogP contribution in [0.4, 0.5) is 0 Å². The van der Waals surface area contributed by atoms with E-state index < -0.39 is 8.25 Å². The van der Waals surface area contributed by atoms with Crippen LogP contribution in [-0.4, -0.2) is 0 Å². The molecule has 0 aliphatic rings. The molecule has 0 aliphatic heterocycles. The van der Waals surface area contributed by atoms with Crippen molar-refractivity contribution in [2.45, 2.75) is 0 Å². The molecule has 3 aromatic rings. The van der Waals surface area contributed by atoms with Gasteiger partial charge in [-0.15, -0.1) is 0 Å². The van der Waals surface area contributed by atoms with Crippen LogP contribution in [-0.2, 0) is 4.57 Å². The van der Waals surface area contributed by atoms with Crippen LogP contribution >= 0.6 is 8.25 Å². The number of para-hydroxylation sites is 2. The zero-order valence-electron chi connectivity index (χ0n) is 12.0. The summed E-state index contributed by atoms with van der Waals surface area (Å²) < 4.78 is 21.8. The lowest BCUT2D eigenvalue weighted by atomic mass is 10.3. The largest absolute Gasteiger partial charge is 0.418 e. The first-order valence-electron chi connectivity index (χ1n) is 6.84. The van der Waals surface area contributed by atoms with Gasteiger partial charge in [-0.1, -0.05) is 72.8 Å². The highest BCUT2D eigenvalue weighted by Crippen LogP contribution is 2.29. The fourth-order valence-electron chi connectivity index (χ4n) is 1.58. The van der Waals surface area contributed by atoms with E-state index in [-0.39, 0.29) is 0 Å². The minimum atomic E-state index is -2.54. The van der Waals surface area contributed by atoms with Gasteiger partial charge in [0.15, 0.2) is 0 Å². The van der Waals surface area contributed by atoms with Crippen molar-refractivity contribution in [1.29, 1.82) is 0 Å². The molecule has 0 spiro atoms. The lowest BCUT2D eigenvalue weighted by molar-refractivity contribution is 0.415. The molecule has 112 valence electrons. The molecular weight excluding hydrogens is 295 g/mol. The van der Waals surface area contributed by atoms with Crippen molar-refractivity contribution in [3.63, 3.8) is 0 Å². The Morgan fingerprint density at radius 3 is 1.09 bits per heavy atom. The van der Waals surface area contributed by atoms with E-state index in [0.29, 0.717) is 11.5 Å². The molecule has 22 heavy (non-hydrogen) atoms. The fourth-order valence-corrected chi connectivity index (χ4v) is 2.27. The van der Waals surface area contributed by atoms with Gasteiger partial charge in [0.25, 0.3) is 0 Å². The molecule has 0 atom stereocenters. The van der Waals surface area contributed by atoms with Gasteiger partial charge in [-0.3, -0.25) is 0 Å². The minimum Gasteiger partial charge on any atom is -0.418 e. The maximum Gasteiger partial charge on any atom is 0.418 e. The van der Waals surface area contributed by atoms with Crippen LogP contribution < -0.4 is 9.05 Å². The monoisotopic (exact) mass is 312 g/mol. The number of rotatable bonds is 4. The number of benzene rings is 3. The Kier molecular flexibility index (Phi) is 6.80. The van der Waals surface area contributed by atoms with Crippen molar-refractivity contribution in [2.24, 2.45) is 0 Å². The molecule has 0 saturated heterocycles. The molecule has 0 N–H and O–H groups in total. The highest BCUT2D eigenvalue weighted by Gasteiger charge is 2.02. The van der Waals surface area contributed by atoms with Crippen LogP contribution in [0, 0.1) is 0 Å². The van der Waals surface area contributed by atoms with Crippen molar-refractivity contribution in [3.05, 3.63) is 97.1 Å². The summed E-state index contributed by atoms with van der Waals surface area (Å²) in [5.41, 5.74) is 0. The summed E-state index contributed by atoms with van der Waals surface area (Å²) >= 11 is 0. The molecule has 3 rings (SSSR count). The second-order valence-electron chi connectivity index (χ2n) is 4.23. The molecule has 0 aliphatic carbocycles. The van der Waals surface area contributed by atoms with Gasteiger partial charge in [0.1, 0.15) is 11.5 Å². The smallest absolute Gasteiger partial charge is 0.418 e. The summed E-state index contributed by atoms with van der Waals surface area (Å²) in [4.78, 5) is 0. The van der Waals surface area contributed by atoms with Crippen molar-refractivity contribution >= 4 is 8.25 Å². The quantitative estimate of drug-likeness (QED) is 0.619. The maximum absolute atomic E-state index is 11.5. The Labute approximate surface area is 131 Å². The molecule has 0 aromatic heterocycles. The zero-order chi connectivity index (χ0) is 15.5. The van der Waals surface area contributed by atoms with Crippen molar-refractivity contribution in [3.8, 4) is 11.5 Å². The van der Waals surface area contributed by atoms with Crippen molar-refractivity contribution in [1.82, 2.24) is 0 Å². The van der Waals surface area contributed by atoms with E-state index in [1.54, 1.807) is 24.3 Å². The minimum absolute atomic E-state index is 0.544. The zero-order valence-corrected chi connectivity index (χ0v) is 13.0. The first kappa shape index (κ1) is 15.9. The fraction of sp³-hybridized carbons (Fsp3) is 0. The molecule has 0 fully saturated rings. The third kappa shape index (κ3) is 6.29. The molecule has 0 amide bonds. The average molecular weight is 312 g/mol. The summed E-state index contributed by atoms with van der Waals surface area (Å²) in [7, 11) is -2.54. The predicted molar refractivity (Wildman–Crippen MR) is 89.6 cm³/mol. The second kappa shape index (κ2) is 9.43. The van der Waals surface area contributed by atoms with E-state index in [1.807, 2.05) is 72.8 Å². The van der Waals surface area contributed by atoms with E-state index in [2.05, 4.69) is 0 Å². The summed E-state index contributed by atoms with van der Waals surface area (Å²) in [6.45, 7) is 0. The van der Waals surface area contributed by atoms with Gasteiger partial charge in [-0.05, 0) is 24.3 Å². The summed E-state index contributed by atoms with van der Waals surface area (Å²) in [6.07, 6.45) is 0. The van der Waals surface area contributed by atoms with Crippen LogP contribution in [0.3, 0.4) is 0 Å². The van der Waals surface area contributed by atoms with Gasteiger partial charge in [0.05, 0.1) is 0 Å². The normalized spacial score (nSPS) is 9.50. The molecule has 0 saturated carbocycles. The first-order valence-corrected chi connectivity index (χ1v) is 8.07. The third-order valence-corrected chi connectivity index (χ3v) is 3.36. The average Bonchev–Trinajstić information content (AvgIpc) is 2.59. The van der Waals surface area contributed by atoms with Gasteiger partial charge in [-0.2, -0.15) is 0 Å². The molecule has 0 unspecified atom stereocenters. The van der Waals surface area contributed by atoms with Crippen LogP contribution in [0.1, 0.15) is 0 Å². The Balaban J connectivity index is 0.000000246. The SMILES string of the molecule is O=[PH](Oc1ccccc1)Oc1ccccc1.c1ccccc1. The number of hydrogen-bond donors (Lipinski definition) is 0. The standard InChI is InChI=1S/C12H11O3P.C6H6/c13-16(14-11-7-3-1-4-8-11)15-12-9-5-2-6-10-12;1-2-4-6-5-3-1/h1-10,16H;1-6H. The highest BCUT2D eigenvalue weighted by atomic mass is 31.1. The topological polar surface area (TPSA) is 35.5 Å². The van der Waals surface area contributed by atoms with E-state index >= 15 is 0 Å². The molecule has 3 aromatic carbocycles. The lowest BCUT2D eigenvalue weighted by Crippen LogP contribution is -1.87.